The third-order valence-electron chi connectivity index (χ3n) is 5.75. The SMILES string of the molecule is COc1cnc([C@@H](O)C(C)S(=O)(=O)Nc2nnc(-c3cncc(C)c3)n2-c2c(OC)cccc2OC)cn1. The molecule has 4 rings (SSSR count). The van der Waals surface area contributed by atoms with Gasteiger partial charge in [-0.05, 0) is 37.6 Å². The van der Waals surface area contributed by atoms with Crippen molar-refractivity contribution in [2.75, 3.05) is 26.1 Å². The van der Waals surface area contributed by atoms with E-state index in [9.17, 15) is 13.5 Å². The van der Waals surface area contributed by atoms with E-state index in [4.69, 9.17) is 14.2 Å². The number of ether oxygens (including phenoxy) is 3. The zero-order valence-electron chi connectivity index (χ0n) is 21.4. The van der Waals surface area contributed by atoms with Crippen LogP contribution in [-0.2, 0) is 10.0 Å². The lowest BCUT2D eigenvalue weighted by molar-refractivity contribution is 0.170. The van der Waals surface area contributed by atoms with Crippen LogP contribution < -0.4 is 18.9 Å². The Hall–Kier alpha value is -4.30. The van der Waals surface area contributed by atoms with E-state index in [-0.39, 0.29) is 23.3 Å². The number of sulfonamides is 1. The number of aliphatic hydroxyl groups excluding tert-OH is 1. The summed E-state index contributed by atoms with van der Waals surface area (Å²) in [6.07, 6.45) is 4.31. The van der Waals surface area contributed by atoms with Crippen LogP contribution >= 0.6 is 0 Å². The molecule has 1 aromatic carbocycles. The van der Waals surface area contributed by atoms with Crippen molar-refractivity contribution in [3.8, 4) is 34.5 Å². The molecule has 200 valence electrons. The highest BCUT2D eigenvalue weighted by Gasteiger charge is 2.33. The van der Waals surface area contributed by atoms with Crippen molar-refractivity contribution >= 4 is 16.0 Å². The van der Waals surface area contributed by atoms with Gasteiger partial charge in [-0.25, -0.2) is 13.4 Å². The lowest BCUT2D eigenvalue weighted by atomic mass is 10.2. The molecule has 4 aromatic rings. The van der Waals surface area contributed by atoms with E-state index in [2.05, 4.69) is 29.9 Å². The van der Waals surface area contributed by atoms with Gasteiger partial charge in [-0.1, -0.05) is 6.07 Å². The number of rotatable bonds is 10. The first-order valence-electron chi connectivity index (χ1n) is 11.3. The van der Waals surface area contributed by atoms with Gasteiger partial charge in [-0.2, -0.15) is 0 Å². The highest BCUT2D eigenvalue weighted by Crippen LogP contribution is 2.38. The Morgan fingerprint density at radius 2 is 1.68 bits per heavy atom. The van der Waals surface area contributed by atoms with Crippen molar-refractivity contribution in [3.05, 3.63) is 60.3 Å². The number of para-hydroxylation sites is 1. The fourth-order valence-electron chi connectivity index (χ4n) is 3.69. The Balaban J connectivity index is 1.81. The van der Waals surface area contributed by atoms with Crippen molar-refractivity contribution in [1.82, 2.24) is 29.7 Å². The Kier molecular flexibility index (Phi) is 7.73. The maximum atomic E-state index is 13.4. The highest BCUT2D eigenvalue weighted by molar-refractivity contribution is 7.93. The Labute approximate surface area is 219 Å². The van der Waals surface area contributed by atoms with Crippen molar-refractivity contribution < 1.29 is 27.7 Å². The van der Waals surface area contributed by atoms with Gasteiger partial charge in [0.25, 0.3) is 0 Å². The average molecular weight is 542 g/mol. The standard InChI is InChI=1S/C24H27N7O6S/c1-14-9-16(11-25-10-14)23-28-29-24(31(23)21-18(35-3)7-6-8-19(21)36-4)30-38(33,34)15(2)22(32)17-12-27-20(37-5)13-26-17/h6-13,15,22,32H,1-5H3,(H,29,30)/t15?,22-/m0/s1. The van der Waals surface area contributed by atoms with Crippen LogP contribution in [0.4, 0.5) is 5.95 Å². The van der Waals surface area contributed by atoms with Crippen LogP contribution in [-0.4, -0.2) is 69.8 Å². The maximum absolute atomic E-state index is 13.4. The summed E-state index contributed by atoms with van der Waals surface area (Å²) in [5, 5.41) is 17.8. The molecule has 0 aliphatic carbocycles. The summed E-state index contributed by atoms with van der Waals surface area (Å²) in [6.45, 7) is 3.21. The number of methoxy groups -OCH3 is 3. The predicted octanol–water partition coefficient (Wildman–Crippen LogP) is 2.32. The Bertz CT molecular complexity index is 1500. The maximum Gasteiger partial charge on any atom is 0.243 e. The lowest BCUT2D eigenvalue weighted by Crippen LogP contribution is -2.32. The van der Waals surface area contributed by atoms with E-state index < -0.39 is 21.4 Å². The second-order valence-corrected chi connectivity index (χ2v) is 10.3. The highest BCUT2D eigenvalue weighted by atomic mass is 32.2. The first kappa shape index (κ1) is 26.8. The molecule has 2 atom stereocenters. The topological polar surface area (TPSA) is 163 Å². The molecule has 3 aromatic heterocycles. The van der Waals surface area contributed by atoms with Crippen molar-refractivity contribution in [2.24, 2.45) is 0 Å². The van der Waals surface area contributed by atoms with E-state index in [1.165, 1.54) is 45.2 Å². The molecular formula is C24H27N7O6S. The van der Waals surface area contributed by atoms with Crippen LogP contribution in [0.2, 0.25) is 0 Å². The van der Waals surface area contributed by atoms with Gasteiger partial charge in [0.1, 0.15) is 28.5 Å². The number of nitrogens with zero attached hydrogens (tertiary/aromatic N) is 6. The molecule has 14 heteroatoms. The predicted molar refractivity (Wildman–Crippen MR) is 138 cm³/mol. The van der Waals surface area contributed by atoms with Crippen LogP contribution in [0.3, 0.4) is 0 Å². The molecule has 0 radical (unpaired) electrons. The molecule has 0 saturated heterocycles. The minimum Gasteiger partial charge on any atom is -0.494 e. The summed E-state index contributed by atoms with van der Waals surface area (Å²) in [7, 11) is 0.141. The Morgan fingerprint density at radius 3 is 2.26 bits per heavy atom. The molecule has 3 heterocycles. The zero-order chi connectivity index (χ0) is 27.4. The number of aliphatic hydroxyl groups is 1. The van der Waals surface area contributed by atoms with Crippen LogP contribution in [0.25, 0.3) is 17.1 Å². The van der Waals surface area contributed by atoms with Gasteiger partial charge < -0.3 is 19.3 Å². The summed E-state index contributed by atoms with van der Waals surface area (Å²) in [5.41, 5.74) is 1.87. The molecule has 1 unspecified atom stereocenters. The first-order valence-corrected chi connectivity index (χ1v) is 12.9. The van der Waals surface area contributed by atoms with E-state index in [0.717, 1.165) is 5.56 Å². The number of benzene rings is 1. The van der Waals surface area contributed by atoms with Gasteiger partial charge >= 0.3 is 0 Å². The first-order chi connectivity index (χ1) is 18.2. The number of nitrogens with one attached hydrogen (secondary N) is 1. The monoisotopic (exact) mass is 541 g/mol. The molecule has 13 nitrogen and oxygen atoms in total. The molecule has 0 saturated carbocycles. The summed E-state index contributed by atoms with van der Waals surface area (Å²) in [4.78, 5) is 12.3. The summed E-state index contributed by atoms with van der Waals surface area (Å²) < 4.78 is 46.9. The van der Waals surface area contributed by atoms with Gasteiger partial charge in [-0.15, -0.1) is 10.2 Å². The van der Waals surface area contributed by atoms with Gasteiger partial charge in [0, 0.05) is 18.0 Å². The zero-order valence-corrected chi connectivity index (χ0v) is 22.2. The molecule has 38 heavy (non-hydrogen) atoms. The third kappa shape index (κ3) is 5.21. The van der Waals surface area contributed by atoms with Gasteiger partial charge in [-0.3, -0.25) is 19.3 Å². The number of hydrogen-bond donors (Lipinski definition) is 2. The minimum atomic E-state index is -4.24. The molecule has 0 fully saturated rings. The molecule has 2 N–H and O–H groups in total. The third-order valence-corrected chi connectivity index (χ3v) is 7.45. The summed E-state index contributed by atoms with van der Waals surface area (Å²) in [5.74, 6) is 1.13. The van der Waals surface area contributed by atoms with E-state index in [1.54, 1.807) is 30.6 Å². The van der Waals surface area contributed by atoms with Crippen molar-refractivity contribution in [2.45, 2.75) is 25.2 Å². The second kappa shape index (κ2) is 11.0. The Morgan fingerprint density at radius 1 is 0.974 bits per heavy atom. The number of aryl methyl sites for hydroxylation is 1. The second-order valence-electron chi connectivity index (χ2n) is 8.23. The summed E-state index contributed by atoms with van der Waals surface area (Å²) >= 11 is 0. The van der Waals surface area contributed by atoms with E-state index in [0.29, 0.717) is 22.7 Å². The fraction of sp³-hybridized carbons (Fsp3) is 0.292. The number of pyridine rings is 1. The largest absolute Gasteiger partial charge is 0.494 e. The molecule has 0 amide bonds. The number of anilines is 1. The van der Waals surface area contributed by atoms with Crippen LogP contribution in [0, 0.1) is 6.92 Å². The van der Waals surface area contributed by atoms with E-state index in [1.807, 2.05) is 13.0 Å². The number of hydrogen-bond acceptors (Lipinski definition) is 11. The van der Waals surface area contributed by atoms with Gasteiger partial charge in [0.15, 0.2) is 5.82 Å². The van der Waals surface area contributed by atoms with Crippen LogP contribution in [0.15, 0.2) is 49.1 Å². The molecule has 0 spiro atoms. The molecule has 0 aliphatic heterocycles. The number of aromatic nitrogens is 6. The fourth-order valence-corrected chi connectivity index (χ4v) is 4.74. The average Bonchev–Trinajstić information content (AvgIpc) is 3.33. The van der Waals surface area contributed by atoms with E-state index >= 15 is 0 Å². The molecule has 0 aliphatic rings. The normalized spacial score (nSPS) is 13.0. The van der Waals surface area contributed by atoms with Crippen LogP contribution in [0.1, 0.15) is 24.3 Å². The smallest absolute Gasteiger partial charge is 0.243 e. The van der Waals surface area contributed by atoms with Crippen molar-refractivity contribution in [1.29, 1.82) is 0 Å². The van der Waals surface area contributed by atoms with Crippen LogP contribution in [0.5, 0.6) is 17.4 Å². The summed E-state index contributed by atoms with van der Waals surface area (Å²) in [6, 6.07) is 6.96. The molecular weight excluding hydrogens is 514 g/mol. The lowest BCUT2D eigenvalue weighted by Gasteiger charge is -2.21. The van der Waals surface area contributed by atoms with Crippen molar-refractivity contribution in [3.63, 3.8) is 0 Å². The van der Waals surface area contributed by atoms with Gasteiger partial charge in [0.2, 0.25) is 21.9 Å². The quantitative estimate of drug-likeness (QED) is 0.303. The van der Waals surface area contributed by atoms with Gasteiger partial charge in [0.05, 0.1) is 39.4 Å². The minimum absolute atomic E-state index is 0.0584. The molecule has 0 bridgehead atoms.